The molecule has 1 heterocycles. The van der Waals surface area contributed by atoms with Gasteiger partial charge in [-0.2, -0.15) is 5.26 Å². The monoisotopic (exact) mass is 293 g/mol. The van der Waals surface area contributed by atoms with Gasteiger partial charge >= 0.3 is 0 Å². The molecule has 0 atom stereocenters. The van der Waals surface area contributed by atoms with Crippen LogP contribution in [0.25, 0.3) is 11.1 Å². The van der Waals surface area contributed by atoms with Gasteiger partial charge in [-0.05, 0) is 35.4 Å². The first kappa shape index (κ1) is 16.0. The molecule has 0 aliphatic rings. The van der Waals surface area contributed by atoms with Crippen LogP contribution in [-0.2, 0) is 11.8 Å². The van der Waals surface area contributed by atoms with Gasteiger partial charge in [0.15, 0.2) is 0 Å². The minimum atomic E-state index is 0.109. The van der Waals surface area contributed by atoms with E-state index in [0.717, 1.165) is 28.8 Å². The number of rotatable bonds is 2. The molecule has 0 saturated carbocycles. The predicted molar refractivity (Wildman–Crippen MR) is 91.6 cm³/mol. The third-order valence-electron chi connectivity index (χ3n) is 4.06. The zero-order valence-electron chi connectivity index (χ0n) is 14.0. The highest BCUT2D eigenvalue weighted by molar-refractivity contribution is 5.79. The summed E-state index contributed by atoms with van der Waals surface area (Å²) in [6, 6.07) is 10.6. The van der Waals surface area contributed by atoms with Crippen molar-refractivity contribution in [1.29, 1.82) is 5.26 Å². The summed E-state index contributed by atoms with van der Waals surface area (Å²) in [6.07, 6.45) is 0.800. The zero-order chi connectivity index (χ0) is 16.5. The van der Waals surface area contributed by atoms with Crippen LogP contribution in [0.1, 0.15) is 50.1 Å². The summed E-state index contributed by atoms with van der Waals surface area (Å²) in [6.45, 7) is 10.6. The molecule has 0 aliphatic carbocycles. The minimum absolute atomic E-state index is 0.109. The molecule has 2 aromatic rings. The molecule has 2 N–H and O–H groups in total. The number of hydrogen-bond acceptors (Lipinski definition) is 3. The smallest absolute Gasteiger partial charge is 0.142 e. The van der Waals surface area contributed by atoms with E-state index in [-0.39, 0.29) is 5.41 Å². The quantitative estimate of drug-likeness (QED) is 0.894. The Labute approximate surface area is 132 Å². The van der Waals surface area contributed by atoms with E-state index in [1.807, 2.05) is 13.8 Å². The summed E-state index contributed by atoms with van der Waals surface area (Å²) in [5, 5.41) is 9.46. The second-order valence-corrected chi connectivity index (χ2v) is 6.61. The van der Waals surface area contributed by atoms with Crippen LogP contribution in [0.4, 0.5) is 5.82 Å². The third kappa shape index (κ3) is 2.82. The van der Waals surface area contributed by atoms with Crippen molar-refractivity contribution in [3.05, 3.63) is 46.6 Å². The van der Waals surface area contributed by atoms with Gasteiger partial charge in [-0.3, -0.25) is 0 Å². The number of aromatic nitrogens is 1. The van der Waals surface area contributed by atoms with Gasteiger partial charge in [-0.15, -0.1) is 0 Å². The van der Waals surface area contributed by atoms with Crippen LogP contribution >= 0.6 is 0 Å². The molecule has 3 heteroatoms. The maximum Gasteiger partial charge on any atom is 0.142 e. The summed E-state index contributed by atoms with van der Waals surface area (Å²) in [4.78, 5) is 4.36. The van der Waals surface area contributed by atoms with Crippen molar-refractivity contribution in [2.45, 2.75) is 46.5 Å². The number of nitriles is 1. The van der Waals surface area contributed by atoms with Gasteiger partial charge in [0.25, 0.3) is 0 Å². The minimum Gasteiger partial charge on any atom is -0.383 e. The lowest BCUT2D eigenvalue weighted by molar-refractivity contribution is 0.590. The van der Waals surface area contributed by atoms with Gasteiger partial charge in [0.2, 0.25) is 0 Å². The van der Waals surface area contributed by atoms with E-state index in [0.29, 0.717) is 11.4 Å². The summed E-state index contributed by atoms with van der Waals surface area (Å²) in [5.41, 5.74) is 11.7. The van der Waals surface area contributed by atoms with Gasteiger partial charge in [0.1, 0.15) is 17.5 Å². The molecule has 3 nitrogen and oxygen atoms in total. The topological polar surface area (TPSA) is 62.7 Å². The Morgan fingerprint density at radius 1 is 1.18 bits per heavy atom. The molecule has 0 unspecified atom stereocenters. The van der Waals surface area contributed by atoms with Crippen LogP contribution in [0.15, 0.2) is 24.3 Å². The Morgan fingerprint density at radius 2 is 1.77 bits per heavy atom. The van der Waals surface area contributed by atoms with Crippen molar-refractivity contribution >= 4 is 5.82 Å². The number of anilines is 1. The van der Waals surface area contributed by atoms with E-state index < -0.39 is 0 Å². The van der Waals surface area contributed by atoms with Crippen molar-refractivity contribution in [2.24, 2.45) is 0 Å². The Balaban J connectivity index is 2.67. The molecule has 0 aliphatic heterocycles. The van der Waals surface area contributed by atoms with Crippen LogP contribution in [0.5, 0.6) is 0 Å². The van der Waals surface area contributed by atoms with Crippen molar-refractivity contribution in [3.8, 4) is 17.2 Å². The lowest BCUT2D eigenvalue weighted by Crippen LogP contribution is -2.10. The molecule has 0 spiro atoms. The highest BCUT2D eigenvalue weighted by Crippen LogP contribution is 2.33. The third-order valence-corrected chi connectivity index (χ3v) is 4.06. The number of nitrogen functional groups attached to an aromatic ring is 1. The first-order valence-corrected chi connectivity index (χ1v) is 7.59. The van der Waals surface area contributed by atoms with Crippen LogP contribution in [-0.4, -0.2) is 4.98 Å². The summed E-state index contributed by atoms with van der Waals surface area (Å²) in [5.74, 6) is 0.319. The number of hydrogen-bond donors (Lipinski definition) is 1. The van der Waals surface area contributed by atoms with E-state index in [9.17, 15) is 5.26 Å². The molecular weight excluding hydrogens is 270 g/mol. The Hall–Kier alpha value is -2.34. The van der Waals surface area contributed by atoms with Gasteiger partial charge in [0, 0.05) is 11.3 Å². The molecule has 0 saturated heterocycles. The fraction of sp³-hybridized carbons (Fsp3) is 0.368. The zero-order valence-corrected chi connectivity index (χ0v) is 14.0. The number of benzene rings is 1. The molecule has 22 heavy (non-hydrogen) atoms. The molecular formula is C19H23N3. The van der Waals surface area contributed by atoms with E-state index in [1.54, 1.807) is 0 Å². The SMILES string of the molecule is CCc1nc(N)c(C#N)c(-c2ccc(C(C)(C)C)cc2)c1C. The van der Waals surface area contributed by atoms with E-state index in [1.165, 1.54) is 5.56 Å². The Bertz CT molecular complexity index is 728. The Morgan fingerprint density at radius 3 is 2.23 bits per heavy atom. The van der Waals surface area contributed by atoms with Crippen LogP contribution in [0.2, 0.25) is 0 Å². The van der Waals surface area contributed by atoms with Crippen molar-refractivity contribution in [1.82, 2.24) is 4.98 Å². The van der Waals surface area contributed by atoms with Gasteiger partial charge in [-0.1, -0.05) is 52.0 Å². The van der Waals surface area contributed by atoms with Crippen molar-refractivity contribution in [3.63, 3.8) is 0 Å². The summed E-state index contributed by atoms with van der Waals surface area (Å²) >= 11 is 0. The summed E-state index contributed by atoms with van der Waals surface area (Å²) in [7, 11) is 0. The van der Waals surface area contributed by atoms with Gasteiger partial charge in [-0.25, -0.2) is 4.98 Å². The van der Waals surface area contributed by atoms with Crippen LogP contribution < -0.4 is 5.73 Å². The van der Waals surface area contributed by atoms with E-state index >= 15 is 0 Å². The molecule has 0 amide bonds. The largest absolute Gasteiger partial charge is 0.383 e. The number of nitrogens with two attached hydrogens (primary N) is 1. The standard InChI is InChI=1S/C19H23N3/c1-6-16-12(2)17(15(11-20)18(21)22-16)13-7-9-14(10-8-13)19(3,4)5/h7-10H,6H2,1-5H3,(H2,21,22). The Kier molecular flexibility index (Phi) is 4.23. The molecule has 2 rings (SSSR count). The first-order chi connectivity index (χ1) is 10.3. The van der Waals surface area contributed by atoms with Crippen LogP contribution in [0, 0.1) is 18.3 Å². The average molecular weight is 293 g/mol. The maximum absolute atomic E-state index is 9.46. The number of nitrogens with zero attached hydrogens (tertiary/aromatic N) is 2. The lowest BCUT2D eigenvalue weighted by Gasteiger charge is -2.20. The molecule has 0 fully saturated rings. The van der Waals surface area contributed by atoms with Gasteiger partial charge in [0.05, 0.1) is 0 Å². The van der Waals surface area contributed by atoms with Gasteiger partial charge < -0.3 is 5.73 Å². The maximum atomic E-state index is 9.46. The second kappa shape index (κ2) is 5.81. The fourth-order valence-electron chi connectivity index (χ4n) is 2.70. The van der Waals surface area contributed by atoms with E-state index in [4.69, 9.17) is 5.73 Å². The lowest BCUT2D eigenvalue weighted by atomic mass is 9.85. The second-order valence-electron chi connectivity index (χ2n) is 6.61. The fourth-order valence-corrected chi connectivity index (χ4v) is 2.70. The molecule has 114 valence electrons. The molecule has 1 aromatic carbocycles. The molecule has 0 radical (unpaired) electrons. The highest BCUT2D eigenvalue weighted by atomic mass is 14.8. The van der Waals surface area contributed by atoms with Crippen molar-refractivity contribution < 1.29 is 0 Å². The van der Waals surface area contributed by atoms with E-state index in [2.05, 4.69) is 56.1 Å². The molecule has 1 aromatic heterocycles. The van der Waals surface area contributed by atoms with Crippen LogP contribution in [0.3, 0.4) is 0 Å². The highest BCUT2D eigenvalue weighted by Gasteiger charge is 2.18. The predicted octanol–water partition coefficient (Wildman–Crippen LogP) is 4.37. The average Bonchev–Trinajstić information content (AvgIpc) is 2.48. The van der Waals surface area contributed by atoms with Crippen molar-refractivity contribution in [2.75, 3.05) is 5.73 Å². The summed E-state index contributed by atoms with van der Waals surface area (Å²) < 4.78 is 0. The normalized spacial score (nSPS) is 11.3. The molecule has 0 bridgehead atoms. The first-order valence-electron chi connectivity index (χ1n) is 7.59. The number of pyridine rings is 1. The number of aryl methyl sites for hydroxylation is 1.